The zero-order valence-electron chi connectivity index (χ0n) is 11.0. The van der Waals surface area contributed by atoms with Crippen molar-refractivity contribution in [2.24, 2.45) is 5.73 Å². The minimum absolute atomic E-state index is 0.116. The predicted molar refractivity (Wildman–Crippen MR) is 89.8 cm³/mol. The number of aromatic nitrogens is 1. The number of nitrogens with two attached hydrogens (primary N) is 1. The Morgan fingerprint density at radius 2 is 1.86 bits per heavy atom. The Labute approximate surface area is 136 Å². The number of nitrogens with one attached hydrogen (secondary N) is 1. The second-order valence-corrected chi connectivity index (χ2v) is 7.23. The summed E-state index contributed by atoms with van der Waals surface area (Å²) in [6.45, 7) is 1.78. The van der Waals surface area contributed by atoms with Crippen molar-refractivity contribution in [2.45, 2.75) is 11.8 Å². The Morgan fingerprint density at radius 1 is 1.24 bits per heavy atom. The number of aryl methyl sites for hydroxylation is 1. The highest BCUT2D eigenvalue weighted by Gasteiger charge is 2.15. The molecule has 0 aliphatic carbocycles. The summed E-state index contributed by atoms with van der Waals surface area (Å²) in [6.07, 6.45) is 0. The lowest BCUT2D eigenvalue weighted by molar-refractivity contribution is 0.601. The fourth-order valence-electron chi connectivity index (χ4n) is 1.60. The molecule has 2 aromatic rings. The second-order valence-electron chi connectivity index (χ2n) is 4.26. The molecular formula is C13H12BrN3O2S2. The highest BCUT2D eigenvalue weighted by Crippen LogP contribution is 2.19. The van der Waals surface area contributed by atoms with Crippen LogP contribution in [0.1, 0.15) is 11.3 Å². The van der Waals surface area contributed by atoms with Gasteiger partial charge in [-0.25, -0.2) is 13.4 Å². The van der Waals surface area contributed by atoms with Crippen LogP contribution in [0.3, 0.4) is 0 Å². The van der Waals surface area contributed by atoms with E-state index >= 15 is 0 Å². The van der Waals surface area contributed by atoms with E-state index in [1.807, 2.05) is 0 Å². The Balaban J connectivity index is 2.29. The average molecular weight is 386 g/mol. The zero-order chi connectivity index (χ0) is 15.6. The highest BCUT2D eigenvalue weighted by atomic mass is 79.9. The summed E-state index contributed by atoms with van der Waals surface area (Å²) in [5.41, 5.74) is 6.79. The molecular weight excluding hydrogens is 374 g/mol. The van der Waals surface area contributed by atoms with Gasteiger partial charge in [-0.1, -0.05) is 24.4 Å². The molecule has 0 aliphatic rings. The maximum Gasteiger partial charge on any atom is 0.263 e. The van der Waals surface area contributed by atoms with E-state index in [4.69, 9.17) is 18.0 Å². The molecule has 1 aromatic heterocycles. The second kappa shape index (κ2) is 6.08. The fraction of sp³-hybridized carbons (Fsp3) is 0.0769. The first-order valence-corrected chi connectivity index (χ1v) is 8.54. The molecule has 0 atom stereocenters. The van der Waals surface area contributed by atoms with E-state index in [0.717, 1.165) is 4.47 Å². The molecule has 1 heterocycles. The van der Waals surface area contributed by atoms with Gasteiger partial charge in [-0.15, -0.1) is 0 Å². The summed E-state index contributed by atoms with van der Waals surface area (Å²) >= 11 is 8.14. The first kappa shape index (κ1) is 15.9. The molecule has 0 amide bonds. The van der Waals surface area contributed by atoms with Gasteiger partial charge in [-0.2, -0.15) is 0 Å². The summed E-state index contributed by atoms with van der Waals surface area (Å²) in [4.78, 5) is 4.49. The molecule has 0 unspecified atom stereocenters. The van der Waals surface area contributed by atoms with Gasteiger partial charge in [0.15, 0.2) is 0 Å². The minimum Gasteiger partial charge on any atom is -0.389 e. The minimum atomic E-state index is -3.70. The molecule has 5 nitrogen and oxygen atoms in total. The lowest BCUT2D eigenvalue weighted by atomic mass is 10.2. The molecule has 0 aliphatic heterocycles. The van der Waals surface area contributed by atoms with E-state index in [9.17, 15) is 8.42 Å². The standard InChI is InChI=1S/C13H12BrN3O2S2/c1-8-11(14)6-7-12(16-8)17-21(18,19)10-4-2-9(3-5-10)13(15)20/h2-7H,1H3,(H2,15,20)(H,16,17). The monoisotopic (exact) mass is 385 g/mol. The number of hydrogen-bond acceptors (Lipinski definition) is 4. The van der Waals surface area contributed by atoms with E-state index in [-0.39, 0.29) is 15.7 Å². The Hall–Kier alpha value is -1.51. The van der Waals surface area contributed by atoms with Crippen molar-refractivity contribution in [3.05, 3.63) is 52.1 Å². The predicted octanol–water partition coefficient (Wildman–Crippen LogP) is 2.59. The third-order valence-electron chi connectivity index (χ3n) is 2.71. The molecule has 21 heavy (non-hydrogen) atoms. The molecule has 110 valence electrons. The van der Waals surface area contributed by atoms with E-state index in [0.29, 0.717) is 11.3 Å². The van der Waals surface area contributed by atoms with E-state index < -0.39 is 10.0 Å². The fourth-order valence-corrected chi connectivity index (χ4v) is 2.95. The van der Waals surface area contributed by atoms with E-state index in [2.05, 4.69) is 25.6 Å². The number of pyridine rings is 1. The average Bonchev–Trinajstić information content (AvgIpc) is 2.43. The van der Waals surface area contributed by atoms with Crippen LogP contribution in [0.15, 0.2) is 45.8 Å². The molecule has 1 aromatic carbocycles. The van der Waals surface area contributed by atoms with Crippen molar-refractivity contribution in [2.75, 3.05) is 4.72 Å². The van der Waals surface area contributed by atoms with E-state index in [1.165, 1.54) is 12.1 Å². The summed E-state index contributed by atoms with van der Waals surface area (Å²) in [5, 5.41) is 0. The van der Waals surface area contributed by atoms with Crippen molar-refractivity contribution in [3.8, 4) is 0 Å². The van der Waals surface area contributed by atoms with Crippen LogP contribution >= 0.6 is 28.1 Å². The van der Waals surface area contributed by atoms with Crippen molar-refractivity contribution < 1.29 is 8.42 Å². The summed E-state index contributed by atoms with van der Waals surface area (Å²) in [5.74, 6) is 0.258. The Bertz CT molecular complexity index is 790. The number of hydrogen-bond donors (Lipinski definition) is 2. The summed E-state index contributed by atoms with van der Waals surface area (Å²) < 4.78 is 27.7. The summed E-state index contributed by atoms with van der Waals surface area (Å²) in [6, 6.07) is 9.34. The maximum absolute atomic E-state index is 12.3. The van der Waals surface area contributed by atoms with Gasteiger partial charge in [-0.05, 0) is 47.1 Å². The molecule has 3 N–H and O–H groups in total. The number of anilines is 1. The number of nitrogens with zero attached hydrogens (tertiary/aromatic N) is 1. The van der Waals surface area contributed by atoms with Crippen molar-refractivity contribution in [3.63, 3.8) is 0 Å². The van der Waals surface area contributed by atoms with Gasteiger partial charge in [-0.3, -0.25) is 4.72 Å². The smallest absolute Gasteiger partial charge is 0.263 e. The quantitative estimate of drug-likeness (QED) is 0.789. The number of sulfonamides is 1. The molecule has 0 fully saturated rings. The Kier molecular flexibility index (Phi) is 4.60. The maximum atomic E-state index is 12.3. The molecule has 2 rings (SSSR count). The molecule has 0 bridgehead atoms. The lowest BCUT2D eigenvalue weighted by Gasteiger charge is -2.09. The van der Waals surface area contributed by atoms with Crippen LogP contribution in [-0.4, -0.2) is 18.4 Å². The number of thiocarbonyl (C=S) groups is 1. The van der Waals surface area contributed by atoms with Crippen LogP contribution in [0.2, 0.25) is 0 Å². The van der Waals surface area contributed by atoms with E-state index in [1.54, 1.807) is 31.2 Å². The van der Waals surface area contributed by atoms with Crippen LogP contribution in [-0.2, 0) is 10.0 Å². The first-order chi connectivity index (χ1) is 9.79. The number of benzene rings is 1. The van der Waals surface area contributed by atoms with Gasteiger partial charge >= 0.3 is 0 Å². The third kappa shape index (κ3) is 3.78. The molecule has 0 saturated heterocycles. The lowest BCUT2D eigenvalue weighted by Crippen LogP contribution is -2.15. The van der Waals surface area contributed by atoms with Crippen LogP contribution in [0, 0.1) is 6.92 Å². The first-order valence-electron chi connectivity index (χ1n) is 5.85. The highest BCUT2D eigenvalue weighted by molar-refractivity contribution is 9.10. The van der Waals surface area contributed by atoms with Crippen molar-refractivity contribution in [1.29, 1.82) is 0 Å². The van der Waals surface area contributed by atoms with Crippen LogP contribution in [0.4, 0.5) is 5.82 Å². The summed E-state index contributed by atoms with van der Waals surface area (Å²) in [7, 11) is -3.70. The van der Waals surface area contributed by atoms with Crippen molar-refractivity contribution in [1.82, 2.24) is 4.98 Å². The molecule has 0 spiro atoms. The third-order valence-corrected chi connectivity index (χ3v) is 5.15. The zero-order valence-corrected chi connectivity index (χ0v) is 14.2. The van der Waals surface area contributed by atoms with Crippen LogP contribution in [0.25, 0.3) is 0 Å². The molecule has 0 radical (unpaired) electrons. The van der Waals surface area contributed by atoms with Gasteiger partial charge in [0, 0.05) is 10.0 Å². The van der Waals surface area contributed by atoms with Crippen LogP contribution < -0.4 is 10.5 Å². The number of rotatable bonds is 4. The van der Waals surface area contributed by atoms with Crippen LogP contribution in [0.5, 0.6) is 0 Å². The van der Waals surface area contributed by atoms with Gasteiger partial charge in [0.2, 0.25) is 0 Å². The molecule has 8 heteroatoms. The normalized spacial score (nSPS) is 11.1. The largest absolute Gasteiger partial charge is 0.389 e. The topological polar surface area (TPSA) is 85.1 Å². The van der Waals surface area contributed by atoms with Gasteiger partial charge in [0.1, 0.15) is 10.8 Å². The van der Waals surface area contributed by atoms with Crippen molar-refractivity contribution >= 4 is 49.0 Å². The van der Waals surface area contributed by atoms with Gasteiger partial charge < -0.3 is 5.73 Å². The Morgan fingerprint density at radius 3 is 2.38 bits per heavy atom. The van der Waals surface area contributed by atoms with Gasteiger partial charge in [0.05, 0.1) is 10.6 Å². The SMILES string of the molecule is Cc1nc(NS(=O)(=O)c2ccc(C(N)=S)cc2)ccc1Br. The van der Waals surface area contributed by atoms with Gasteiger partial charge in [0.25, 0.3) is 10.0 Å². The molecule has 0 saturated carbocycles. The number of halogens is 1.